The van der Waals surface area contributed by atoms with E-state index in [1.54, 1.807) is 0 Å². The Bertz CT molecular complexity index is 338. The van der Waals surface area contributed by atoms with Gasteiger partial charge in [-0.05, 0) is 50.7 Å². The van der Waals surface area contributed by atoms with E-state index in [2.05, 4.69) is 22.6 Å². The van der Waals surface area contributed by atoms with E-state index < -0.39 is 0 Å². The molecule has 0 saturated heterocycles. The smallest absolute Gasteiger partial charge is 0.147 e. The lowest BCUT2D eigenvalue weighted by molar-refractivity contribution is -0.0618. The molecule has 3 nitrogen and oxygen atoms in total. The van der Waals surface area contributed by atoms with Crippen LogP contribution < -0.4 is 0 Å². The predicted octanol–water partition coefficient (Wildman–Crippen LogP) is 3.27. The Morgan fingerprint density at radius 3 is 2.72 bits per heavy atom. The third-order valence-corrected chi connectivity index (χ3v) is 3.28. The molecule has 0 unspecified atom stereocenters. The topological polar surface area (TPSA) is 38.7 Å². The van der Waals surface area contributed by atoms with Crippen molar-refractivity contribution in [1.29, 1.82) is 0 Å². The molecular formula is C14H19IO3. The van der Waals surface area contributed by atoms with Gasteiger partial charge in [0.05, 0.1) is 13.2 Å². The van der Waals surface area contributed by atoms with Crippen molar-refractivity contribution in [3.63, 3.8) is 0 Å². The van der Waals surface area contributed by atoms with Gasteiger partial charge in [0, 0.05) is 6.61 Å². The summed E-state index contributed by atoms with van der Waals surface area (Å²) in [6, 6.07) is 10.0. The van der Waals surface area contributed by atoms with E-state index >= 15 is 0 Å². The average Bonchev–Trinajstić information content (AvgIpc) is 2.39. The van der Waals surface area contributed by atoms with Crippen molar-refractivity contribution in [2.45, 2.75) is 19.4 Å². The number of ether oxygens (including phenoxy) is 2. The summed E-state index contributed by atoms with van der Waals surface area (Å²) in [7, 11) is 0. The van der Waals surface area contributed by atoms with E-state index in [1.807, 2.05) is 36.4 Å². The molecule has 0 aliphatic heterocycles. The molecule has 100 valence electrons. The van der Waals surface area contributed by atoms with Gasteiger partial charge in [0.25, 0.3) is 0 Å². The largest absolute Gasteiger partial charge is 0.392 e. The summed E-state index contributed by atoms with van der Waals surface area (Å²) < 4.78 is 11.9. The van der Waals surface area contributed by atoms with Crippen molar-refractivity contribution in [1.82, 2.24) is 0 Å². The zero-order valence-corrected chi connectivity index (χ0v) is 12.5. The molecule has 4 heteroatoms. The molecule has 0 spiro atoms. The Morgan fingerprint density at radius 1 is 1.22 bits per heavy atom. The van der Waals surface area contributed by atoms with Gasteiger partial charge < -0.3 is 14.6 Å². The first-order valence-electron chi connectivity index (χ1n) is 5.97. The van der Waals surface area contributed by atoms with Crippen LogP contribution in [0.2, 0.25) is 0 Å². The fraction of sp³-hybridized carbons (Fsp3) is 0.429. The molecule has 1 rings (SSSR count). The van der Waals surface area contributed by atoms with Crippen LogP contribution >= 0.6 is 22.6 Å². The molecule has 0 aromatic heterocycles. The molecule has 0 atom stereocenters. The summed E-state index contributed by atoms with van der Waals surface area (Å²) in [5.74, 6) is 0. The van der Waals surface area contributed by atoms with Crippen LogP contribution in [0.3, 0.4) is 0 Å². The van der Waals surface area contributed by atoms with Crippen molar-refractivity contribution in [2.75, 3.05) is 20.0 Å². The minimum atomic E-state index is 0.110. The predicted molar refractivity (Wildman–Crippen MR) is 80.5 cm³/mol. The van der Waals surface area contributed by atoms with Crippen LogP contribution in [0.25, 0.3) is 0 Å². The lowest BCUT2D eigenvalue weighted by Crippen LogP contribution is -2.01. The van der Waals surface area contributed by atoms with Crippen LogP contribution in [-0.4, -0.2) is 25.1 Å². The van der Waals surface area contributed by atoms with Gasteiger partial charge in [0.15, 0.2) is 0 Å². The third-order valence-electron chi connectivity index (χ3n) is 2.30. The first-order chi connectivity index (χ1) is 8.83. The van der Waals surface area contributed by atoms with Crippen LogP contribution in [0.5, 0.6) is 0 Å². The normalized spacial score (nSPS) is 11.8. The van der Waals surface area contributed by atoms with Gasteiger partial charge in [-0.1, -0.05) is 30.3 Å². The Kier molecular flexibility index (Phi) is 9.11. The first kappa shape index (κ1) is 15.6. The van der Waals surface area contributed by atoms with E-state index in [-0.39, 0.29) is 6.61 Å². The molecule has 0 heterocycles. The number of rotatable bonds is 9. The van der Waals surface area contributed by atoms with Crippen molar-refractivity contribution >= 4 is 22.6 Å². The van der Waals surface area contributed by atoms with E-state index in [0.717, 1.165) is 18.4 Å². The molecule has 0 bridgehead atoms. The SMILES string of the molecule is OCC=C(I)CCCOCOCc1ccccc1. The highest BCUT2D eigenvalue weighted by atomic mass is 127. The van der Waals surface area contributed by atoms with Crippen LogP contribution in [0.1, 0.15) is 18.4 Å². The minimum Gasteiger partial charge on any atom is -0.392 e. The molecule has 18 heavy (non-hydrogen) atoms. The lowest BCUT2D eigenvalue weighted by Gasteiger charge is -2.05. The number of aliphatic hydroxyl groups excluding tert-OH is 1. The Hall–Kier alpha value is -0.430. The van der Waals surface area contributed by atoms with Gasteiger partial charge in [-0.2, -0.15) is 0 Å². The molecule has 1 aromatic carbocycles. The van der Waals surface area contributed by atoms with E-state index in [9.17, 15) is 0 Å². The van der Waals surface area contributed by atoms with Crippen molar-refractivity contribution in [3.8, 4) is 0 Å². The molecule has 0 amide bonds. The van der Waals surface area contributed by atoms with Gasteiger partial charge in [0.1, 0.15) is 6.79 Å². The molecule has 1 aromatic rings. The Labute approximate surface area is 122 Å². The first-order valence-corrected chi connectivity index (χ1v) is 7.05. The quantitative estimate of drug-likeness (QED) is 0.416. The summed E-state index contributed by atoms with van der Waals surface area (Å²) in [6.45, 7) is 1.71. The van der Waals surface area contributed by atoms with Crippen molar-refractivity contribution in [2.24, 2.45) is 0 Å². The monoisotopic (exact) mass is 362 g/mol. The number of allylic oxidation sites excluding steroid dienone is 1. The molecule has 0 fully saturated rings. The number of hydrogen-bond acceptors (Lipinski definition) is 3. The molecule has 0 saturated carbocycles. The maximum Gasteiger partial charge on any atom is 0.147 e. The Morgan fingerprint density at radius 2 is 2.00 bits per heavy atom. The van der Waals surface area contributed by atoms with E-state index in [4.69, 9.17) is 14.6 Å². The summed E-state index contributed by atoms with van der Waals surface area (Å²) >= 11 is 2.23. The Balaban J connectivity index is 1.95. The van der Waals surface area contributed by atoms with E-state index in [1.165, 1.54) is 3.58 Å². The number of aliphatic hydroxyl groups is 1. The molecule has 0 aliphatic carbocycles. The molecule has 1 N–H and O–H groups in total. The van der Waals surface area contributed by atoms with Crippen molar-refractivity contribution < 1.29 is 14.6 Å². The second-order valence-corrected chi connectivity index (χ2v) is 5.18. The molecular weight excluding hydrogens is 343 g/mol. The van der Waals surface area contributed by atoms with Gasteiger partial charge >= 0.3 is 0 Å². The fourth-order valence-electron chi connectivity index (χ4n) is 1.40. The van der Waals surface area contributed by atoms with Crippen LogP contribution in [0, 0.1) is 0 Å². The highest BCUT2D eigenvalue weighted by molar-refractivity contribution is 14.1. The number of halogens is 1. The second-order valence-electron chi connectivity index (χ2n) is 3.80. The van der Waals surface area contributed by atoms with Gasteiger partial charge in [-0.15, -0.1) is 0 Å². The minimum absolute atomic E-state index is 0.110. The van der Waals surface area contributed by atoms with Gasteiger partial charge in [0.2, 0.25) is 0 Å². The third kappa shape index (κ3) is 7.81. The summed E-state index contributed by atoms with van der Waals surface area (Å²) in [5, 5.41) is 8.69. The van der Waals surface area contributed by atoms with Gasteiger partial charge in [-0.25, -0.2) is 0 Å². The van der Waals surface area contributed by atoms with Crippen LogP contribution in [0.4, 0.5) is 0 Å². The molecule has 0 aliphatic rings. The highest BCUT2D eigenvalue weighted by Gasteiger charge is 1.94. The van der Waals surface area contributed by atoms with Crippen molar-refractivity contribution in [3.05, 3.63) is 45.6 Å². The highest BCUT2D eigenvalue weighted by Crippen LogP contribution is 2.12. The van der Waals surface area contributed by atoms with Crippen LogP contribution in [-0.2, 0) is 16.1 Å². The molecule has 0 radical (unpaired) electrons. The second kappa shape index (κ2) is 10.5. The fourth-order valence-corrected chi connectivity index (χ4v) is 1.97. The zero-order chi connectivity index (χ0) is 13.1. The van der Waals surface area contributed by atoms with E-state index in [0.29, 0.717) is 20.0 Å². The maximum absolute atomic E-state index is 8.69. The van der Waals surface area contributed by atoms with Gasteiger partial charge in [-0.3, -0.25) is 0 Å². The number of benzene rings is 1. The summed E-state index contributed by atoms with van der Waals surface area (Å²) in [4.78, 5) is 0. The summed E-state index contributed by atoms with van der Waals surface area (Å²) in [6.07, 6.45) is 3.70. The maximum atomic E-state index is 8.69. The lowest BCUT2D eigenvalue weighted by atomic mass is 10.2. The number of hydrogen-bond donors (Lipinski definition) is 1. The van der Waals surface area contributed by atoms with Crippen LogP contribution in [0.15, 0.2) is 40.0 Å². The summed E-state index contributed by atoms with van der Waals surface area (Å²) in [5.41, 5.74) is 1.15. The standard InChI is InChI=1S/C14H19IO3/c15-14(8-9-16)7-4-10-17-12-18-11-13-5-2-1-3-6-13/h1-3,5-6,8,16H,4,7,9-12H2. The zero-order valence-electron chi connectivity index (χ0n) is 10.3. The average molecular weight is 362 g/mol.